The van der Waals surface area contributed by atoms with Crippen LogP contribution in [-0.4, -0.2) is 64.0 Å². The maximum absolute atomic E-state index is 12.7. The highest BCUT2D eigenvalue weighted by Gasteiger charge is 2.38. The molecule has 2 saturated heterocycles. The maximum atomic E-state index is 12.7. The van der Waals surface area contributed by atoms with Gasteiger partial charge in [0.05, 0.1) is 0 Å². The van der Waals surface area contributed by atoms with Crippen LogP contribution in [0, 0.1) is 0 Å². The number of hydrogen-bond acceptors (Lipinski definition) is 6. The number of rotatable bonds is 6. The number of carbonyl (C=O) groups excluding carboxylic acids is 2. The van der Waals surface area contributed by atoms with Crippen molar-refractivity contribution in [2.75, 3.05) is 26.2 Å². The van der Waals surface area contributed by atoms with Gasteiger partial charge in [-0.15, -0.1) is 0 Å². The Bertz CT molecular complexity index is 742. The first kappa shape index (κ1) is 22.2. The number of piperidine rings is 1. The molecule has 3 heterocycles. The van der Waals surface area contributed by atoms with Gasteiger partial charge in [-0.2, -0.15) is 4.98 Å². The van der Waals surface area contributed by atoms with Crippen molar-refractivity contribution < 1.29 is 14.1 Å². The van der Waals surface area contributed by atoms with Crippen LogP contribution in [-0.2, 0) is 21.5 Å². The minimum Gasteiger partial charge on any atom is -0.343 e. The first-order chi connectivity index (χ1) is 15.1. The van der Waals surface area contributed by atoms with Gasteiger partial charge in [-0.3, -0.25) is 9.59 Å². The molecular weight excluding hydrogens is 394 g/mol. The fourth-order valence-electron chi connectivity index (χ4n) is 5.58. The summed E-state index contributed by atoms with van der Waals surface area (Å²) in [6.45, 7) is 5.68. The summed E-state index contributed by atoms with van der Waals surface area (Å²) in [6, 6.07) is 0.648. The van der Waals surface area contributed by atoms with E-state index >= 15 is 0 Å². The van der Waals surface area contributed by atoms with Crippen LogP contribution in [0.25, 0.3) is 0 Å². The van der Waals surface area contributed by atoms with E-state index in [2.05, 4.69) is 20.4 Å². The Balaban J connectivity index is 1.30. The molecule has 0 unspecified atom stereocenters. The van der Waals surface area contributed by atoms with E-state index in [1.165, 1.54) is 25.9 Å². The van der Waals surface area contributed by atoms with Crippen molar-refractivity contribution in [3.63, 3.8) is 0 Å². The predicted octanol–water partition coefficient (Wildman–Crippen LogP) is 2.77. The standard InChI is InChI=1S/C23H37N5O3/c1-18(29)25-23(12-4-2-3-5-13-23)22-24-20(31-26-22)8-9-21(30)28-16-10-19(11-17-28)27-14-6-7-15-27/h19H,2-17H2,1H3,(H,25,29). The van der Waals surface area contributed by atoms with E-state index in [0.717, 1.165) is 64.5 Å². The average Bonchev–Trinajstić information content (AvgIpc) is 3.42. The van der Waals surface area contributed by atoms with Crippen LogP contribution in [0.4, 0.5) is 0 Å². The van der Waals surface area contributed by atoms with Gasteiger partial charge >= 0.3 is 0 Å². The Hall–Kier alpha value is -1.96. The zero-order valence-corrected chi connectivity index (χ0v) is 18.9. The number of likely N-dealkylation sites (tertiary alicyclic amines) is 2. The molecule has 8 heteroatoms. The number of amides is 2. The van der Waals surface area contributed by atoms with Gasteiger partial charge in [0.25, 0.3) is 0 Å². The molecule has 1 N–H and O–H groups in total. The number of carbonyl (C=O) groups is 2. The molecule has 4 rings (SSSR count). The molecule has 1 aromatic heterocycles. The summed E-state index contributed by atoms with van der Waals surface area (Å²) in [5, 5.41) is 7.33. The number of aryl methyl sites for hydroxylation is 1. The van der Waals surface area contributed by atoms with Gasteiger partial charge in [-0.1, -0.05) is 30.8 Å². The average molecular weight is 432 g/mol. The van der Waals surface area contributed by atoms with E-state index in [0.29, 0.717) is 30.6 Å². The molecule has 1 aromatic rings. The third-order valence-electron chi connectivity index (χ3n) is 7.30. The first-order valence-electron chi connectivity index (χ1n) is 12.2. The van der Waals surface area contributed by atoms with E-state index in [4.69, 9.17) is 4.52 Å². The summed E-state index contributed by atoms with van der Waals surface area (Å²) < 4.78 is 5.50. The van der Waals surface area contributed by atoms with Crippen molar-refractivity contribution in [3.8, 4) is 0 Å². The van der Waals surface area contributed by atoms with Gasteiger partial charge in [0.15, 0.2) is 5.82 Å². The Morgan fingerprint density at radius 2 is 1.71 bits per heavy atom. The Kier molecular flexibility index (Phi) is 7.25. The summed E-state index contributed by atoms with van der Waals surface area (Å²) in [4.78, 5) is 33.8. The molecule has 31 heavy (non-hydrogen) atoms. The van der Waals surface area contributed by atoms with E-state index < -0.39 is 5.54 Å². The summed E-state index contributed by atoms with van der Waals surface area (Å²) >= 11 is 0. The van der Waals surface area contributed by atoms with Gasteiger partial charge in [-0.05, 0) is 51.6 Å². The fraction of sp³-hybridized carbons (Fsp3) is 0.826. The molecule has 0 aromatic carbocycles. The van der Waals surface area contributed by atoms with Crippen molar-refractivity contribution in [2.45, 2.75) is 95.6 Å². The lowest BCUT2D eigenvalue weighted by Gasteiger charge is -2.36. The van der Waals surface area contributed by atoms with Crippen LogP contribution >= 0.6 is 0 Å². The fourth-order valence-corrected chi connectivity index (χ4v) is 5.58. The summed E-state index contributed by atoms with van der Waals surface area (Å²) in [5.74, 6) is 1.16. The highest BCUT2D eigenvalue weighted by Crippen LogP contribution is 2.34. The quantitative estimate of drug-likeness (QED) is 0.697. The monoisotopic (exact) mass is 431 g/mol. The summed E-state index contributed by atoms with van der Waals surface area (Å²) in [6.07, 6.45) is 11.7. The largest absolute Gasteiger partial charge is 0.343 e. The molecular formula is C23H37N5O3. The molecule has 1 aliphatic carbocycles. The van der Waals surface area contributed by atoms with E-state index in [1.54, 1.807) is 6.92 Å². The van der Waals surface area contributed by atoms with Crippen molar-refractivity contribution in [1.82, 2.24) is 25.3 Å². The minimum absolute atomic E-state index is 0.0687. The second-order valence-corrected chi connectivity index (χ2v) is 9.54. The third-order valence-corrected chi connectivity index (χ3v) is 7.30. The minimum atomic E-state index is -0.536. The van der Waals surface area contributed by atoms with E-state index in [1.807, 2.05) is 4.90 Å². The van der Waals surface area contributed by atoms with Gasteiger partial charge in [-0.25, -0.2) is 0 Å². The maximum Gasteiger partial charge on any atom is 0.227 e. The zero-order valence-electron chi connectivity index (χ0n) is 18.9. The van der Waals surface area contributed by atoms with E-state index in [-0.39, 0.29) is 11.8 Å². The molecule has 0 atom stereocenters. The lowest BCUT2D eigenvalue weighted by atomic mass is 9.89. The highest BCUT2D eigenvalue weighted by molar-refractivity contribution is 5.76. The number of nitrogens with one attached hydrogen (secondary N) is 1. The van der Waals surface area contributed by atoms with Gasteiger partial charge in [0, 0.05) is 38.9 Å². The van der Waals surface area contributed by atoms with Crippen LogP contribution in [0.3, 0.4) is 0 Å². The third kappa shape index (κ3) is 5.45. The van der Waals surface area contributed by atoms with Crippen LogP contribution < -0.4 is 5.32 Å². The SMILES string of the molecule is CC(=O)NC1(c2noc(CCC(=O)N3CCC(N4CCCC4)CC3)n2)CCCCCC1. The van der Waals surface area contributed by atoms with Crippen LogP contribution in [0.5, 0.6) is 0 Å². The molecule has 3 fully saturated rings. The van der Waals surface area contributed by atoms with Crippen molar-refractivity contribution in [2.24, 2.45) is 0 Å². The second-order valence-electron chi connectivity index (χ2n) is 9.54. The Labute approximate surface area is 185 Å². The van der Waals surface area contributed by atoms with Crippen molar-refractivity contribution in [3.05, 3.63) is 11.7 Å². The topological polar surface area (TPSA) is 91.6 Å². The molecule has 3 aliphatic rings. The van der Waals surface area contributed by atoms with Crippen molar-refractivity contribution in [1.29, 1.82) is 0 Å². The van der Waals surface area contributed by atoms with Crippen LogP contribution in [0.2, 0.25) is 0 Å². The smallest absolute Gasteiger partial charge is 0.227 e. The molecule has 1 saturated carbocycles. The Morgan fingerprint density at radius 1 is 1.03 bits per heavy atom. The van der Waals surface area contributed by atoms with Crippen LogP contribution in [0.1, 0.15) is 89.3 Å². The highest BCUT2D eigenvalue weighted by atomic mass is 16.5. The number of nitrogens with zero attached hydrogens (tertiary/aromatic N) is 4. The molecule has 0 bridgehead atoms. The van der Waals surface area contributed by atoms with Gasteiger partial charge in [0.2, 0.25) is 17.7 Å². The molecule has 8 nitrogen and oxygen atoms in total. The number of aromatic nitrogens is 2. The molecule has 0 spiro atoms. The second kappa shape index (κ2) is 10.1. The molecule has 2 amide bonds. The summed E-state index contributed by atoms with van der Waals surface area (Å²) in [5.41, 5.74) is -0.536. The molecule has 2 aliphatic heterocycles. The molecule has 0 radical (unpaired) electrons. The first-order valence-corrected chi connectivity index (χ1v) is 12.2. The number of hydrogen-bond donors (Lipinski definition) is 1. The predicted molar refractivity (Wildman–Crippen MR) is 116 cm³/mol. The lowest BCUT2D eigenvalue weighted by molar-refractivity contribution is -0.132. The van der Waals surface area contributed by atoms with Crippen molar-refractivity contribution >= 4 is 11.8 Å². The normalized spacial score (nSPS) is 22.9. The Morgan fingerprint density at radius 3 is 2.35 bits per heavy atom. The van der Waals surface area contributed by atoms with Gasteiger partial charge < -0.3 is 19.6 Å². The molecule has 172 valence electrons. The summed E-state index contributed by atoms with van der Waals surface area (Å²) in [7, 11) is 0. The zero-order chi connectivity index (χ0) is 21.7. The lowest BCUT2D eigenvalue weighted by Crippen LogP contribution is -2.46. The van der Waals surface area contributed by atoms with Gasteiger partial charge in [0.1, 0.15) is 5.54 Å². The van der Waals surface area contributed by atoms with Crippen LogP contribution in [0.15, 0.2) is 4.52 Å². The van der Waals surface area contributed by atoms with E-state index in [9.17, 15) is 9.59 Å².